The standard InChI is InChI=1S/C17H28N2O2/c1-6-12(4)14-15(20)19(10-9-11(2)3)17(5,13-7-8-13)16(21)18-14/h9,12-14H,6-8,10H2,1-5H3,(H,18,21). The van der Waals surface area contributed by atoms with Gasteiger partial charge in [0.2, 0.25) is 11.8 Å². The van der Waals surface area contributed by atoms with E-state index in [-0.39, 0.29) is 23.8 Å². The van der Waals surface area contributed by atoms with E-state index in [0.717, 1.165) is 19.3 Å². The second kappa shape index (κ2) is 5.82. The van der Waals surface area contributed by atoms with E-state index in [2.05, 4.69) is 12.2 Å². The highest BCUT2D eigenvalue weighted by Crippen LogP contribution is 2.45. The van der Waals surface area contributed by atoms with E-state index in [1.807, 2.05) is 38.7 Å². The summed E-state index contributed by atoms with van der Waals surface area (Å²) in [6.07, 6.45) is 5.01. The maximum absolute atomic E-state index is 12.9. The molecule has 2 fully saturated rings. The van der Waals surface area contributed by atoms with Crippen LogP contribution >= 0.6 is 0 Å². The topological polar surface area (TPSA) is 49.4 Å². The van der Waals surface area contributed by atoms with Crippen LogP contribution in [0.2, 0.25) is 0 Å². The average Bonchev–Trinajstić information content (AvgIpc) is 3.26. The van der Waals surface area contributed by atoms with Crippen molar-refractivity contribution in [3.63, 3.8) is 0 Å². The van der Waals surface area contributed by atoms with E-state index < -0.39 is 5.54 Å². The van der Waals surface area contributed by atoms with Crippen LogP contribution in [0.5, 0.6) is 0 Å². The molecule has 1 aliphatic heterocycles. The van der Waals surface area contributed by atoms with Gasteiger partial charge >= 0.3 is 0 Å². The predicted molar refractivity (Wildman–Crippen MR) is 83.7 cm³/mol. The Bertz CT molecular complexity index is 463. The number of allylic oxidation sites excluding steroid dienone is 1. The summed E-state index contributed by atoms with van der Waals surface area (Å²) in [6, 6.07) is -0.375. The summed E-state index contributed by atoms with van der Waals surface area (Å²) in [7, 11) is 0. The normalized spacial score (nSPS) is 30.9. The number of hydrogen-bond donors (Lipinski definition) is 1. The van der Waals surface area contributed by atoms with Crippen molar-refractivity contribution in [1.82, 2.24) is 10.2 Å². The fraction of sp³-hybridized carbons (Fsp3) is 0.765. The lowest BCUT2D eigenvalue weighted by Gasteiger charge is -2.47. The Hall–Kier alpha value is -1.32. The summed E-state index contributed by atoms with van der Waals surface area (Å²) in [5.41, 5.74) is 0.500. The average molecular weight is 292 g/mol. The lowest BCUT2D eigenvalue weighted by molar-refractivity contribution is -0.158. The molecule has 3 unspecified atom stereocenters. The zero-order valence-electron chi connectivity index (χ0n) is 13.9. The Morgan fingerprint density at radius 2 is 2.05 bits per heavy atom. The second-order valence-electron chi connectivity index (χ2n) is 6.99. The Morgan fingerprint density at radius 1 is 1.43 bits per heavy atom. The molecule has 1 saturated heterocycles. The summed E-state index contributed by atoms with van der Waals surface area (Å²) < 4.78 is 0. The van der Waals surface area contributed by atoms with Crippen LogP contribution in [-0.4, -0.2) is 34.8 Å². The molecule has 0 aromatic rings. The molecule has 1 heterocycles. The lowest BCUT2D eigenvalue weighted by atomic mass is 9.85. The van der Waals surface area contributed by atoms with Crippen molar-refractivity contribution in [2.75, 3.05) is 6.54 Å². The highest BCUT2D eigenvalue weighted by atomic mass is 16.2. The highest BCUT2D eigenvalue weighted by molar-refractivity contribution is 6.00. The van der Waals surface area contributed by atoms with Gasteiger partial charge in [-0.25, -0.2) is 0 Å². The van der Waals surface area contributed by atoms with E-state index in [9.17, 15) is 9.59 Å². The van der Waals surface area contributed by atoms with Crippen molar-refractivity contribution in [3.05, 3.63) is 11.6 Å². The minimum Gasteiger partial charge on any atom is -0.342 e. The molecule has 0 radical (unpaired) electrons. The van der Waals surface area contributed by atoms with E-state index in [1.165, 1.54) is 5.57 Å². The van der Waals surface area contributed by atoms with Crippen molar-refractivity contribution in [2.45, 2.75) is 65.5 Å². The third kappa shape index (κ3) is 2.85. The second-order valence-corrected chi connectivity index (χ2v) is 6.99. The van der Waals surface area contributed by atoms with Gasteiger partial charge in [-0.05, 0) is 45.4 Å². The van der Waals surface area contributed by atoms with Gasteiger partial charge in [0.15, 0.2) is 0 Å². The van der Waals surface area contributed by atoms with Crippen molar-refractivity contribution in [1.29, 1.82) is 0 Å². The molecule has 1 N–H and O–H groups in total. The van der Waals surface area contributed by atoms with Gasteiger partial charge in [-0.2, -0.15) is 0 Å². The monoisotopic (exact) mass is 292 g/mol. The van der Waals surface area contributed by atoms with Crippen LogP contribution in [0.25, 0.3) is 0 Å². The Kier molecular flexibility index (Phi) is 4.45. The predicted octanol–water partition coefficient (Wildman–Crippen LogP) is 2.49. The van der Waals surface area contributed by atoms with Gasteiger partial charge < -0.3 is 10.2 Å². The number of nitrogens with one attached hydrogen (secondary N) is 1. The fourth-order valence-electron chi connectivity index (χ4n) is 3.09. The molecule has 2 amide bonds. The van der Waals surface area contributed by atoms with Gasteiger partial charge in [0.25, 0.3) is 0 Å². The molecule has 0 aromatic heterocycles. The number of nitrogens with zero attached hydrogens (tertiary/aromatic N) is 1. The molecule has 3 atom stereocenters. The van der Waals surface area contributed by atoms with Gasteiger partial charge in [-0.15, -0.1) is 0 Å². The van der Waals surface area contributed by atoms with Crippen molar-refractivity contribution < 1.29 is 9.59 Å². The number of hydrogen-bond acceptors (Lipinski definition) is 2. The molecule has 4 heteroatoms. The third-order valence-corrected chi connectivity index (χ3v) is 5.11. The fourth-order valence-corrected chi connectivity index (χ4v) is 3.09. The molecule has 1 aliphatic carbocycles. The van der Waals surface area contributed by atoms with Crippen molar-refractivity contribution in [3.8, 4) is 0 Å². The van der Waals surface area contributed by atoms with Crippen LogP contribution in [0.3, 0.4) is 0 Å². The number of rotatable bonds is 5. The van der Waals surface area contributed by atoms with Crippen LogP contribution in [0.1, 0.15) is 53.9 Å². The van der Waals surface area contributed by atoms with Crippen molar-refractivity contribution in [2.24, 2.45) is 11.8 Å². The molecule has 1 saturated carbocycles. The maximum Gasteiger partial charge on any atom is 0.246 e. The maximum atomic E-state index is 12.9. The first-order chi connectivity index (χ1) is 9.82. The lowest BCUT2D eigenvalue weighted by Crippen LogP contribution is -2.71. The first-order valence-electron chi connectivity index (χ1n) is 8.08. The minimum atomic E-state index is -0.674. The van der Waals surface area contributed by atoms with Gasteiger partial charge in [0.05, 0.1) is 0 Å². The Labute approximate surface area is 128 Å². The Balaban J connectivity index is 2.32. The third-order valence-electron chi connectivity index (χ3n) is 5.11. The van der Waals surface area contributed by atoms with Crippen LogP contribution in [0.4, 0.5) is 0 Å². The first-order valence-corrected chi connectivity index (χ1v) is 8.08. The number of carbonyl (C=O) groups excluding carboxylic acids is 2. The molecule has 0 aromatic carbocycles. The summed E-state index contributed by atoms with van der Waals surface area (Å²) in [4.78, 5) is 27.4. The van der Waals surface area contributed by atoms with Crippen LogP contribution in [-0.2, 0) is 9.59 Å². The van der Waals surface area contributed by atoms with Gasteiger partial charge in [-0.3, -0.25) is 9.59 Å². The first kappa shape index (κ1) is 16.1. The zero-order chi connectivity index (χ0) is 15.8. The molecule has 118 valence electrons. The number of amides is 2. The SMILES string of the molecule is CCC(C)C1NC(=O)C(C)(C2CC2)N(CC=C(C)C)C1=O. The van der Waals surface area contributed by atoms with Gasteiger partial charge in [0.1, 0.15) is 11.6 Å². The summed E-state index contributed by atoms with van der Waals surface area (Å²) >= 11 is 0. The highest BCUT2D eigenvalue weighted by Gasteiger charge is 2.57. The Morgan fingerprint density at radius 3 is 2.52 bits per heavy atom. The molecule has 2 rings (SSSR count). The number of piperazine rings is 1. The van der Waals surface area contributed by atoms with Gasteiger partial charge in [0, 0.05) is 6.54 Å². The van der Waals surface area contributed by atoms with Gasteiger partial charge in [-0.1, -0.05) is 31.9 Å². The van der Waals surface area contributed by atoms with E-state index >= 15 is 0 Å². The molecule has 0 spiro atoms. The zero-order valence-corrected chi connectivity index (χ0v) is 13.9. The van der Waals surface area contributed by atoms with Crippen LogP contribution in [0.15, 0.2) is 11.6 Å². The quantitative estimate of drug-likeness (QED) is 0.792. The molecular formula is C17H28N2O2. The van der Waals surface area contributed by atoms with Crippen molar-refractivity contribution >= 4 is 11.8 Å². The molecular weight excluding hydrogens is 264 g/mol. The minimum absolute atomic E-state index is 0.0251. The molecule has 0 bridgehead atoms. The van der Waals surface area contributed by atoms with E-state index in [0.29, 0.717) is 12.5 Å². The summed E-state index contributed by atoms with van der Waals surface area (Å²) in [5, 5.41) is 3.00. The van der Waals surface area contributed by atoms with Crippen LogP contribution in [0, 0.1) is 11.8 Å². The molecule has 2 aliphatic rings. The number of carbonyl (C=O) groups is 2. The molecule has 4 nitrogen and oxygen atoms in total. The smallest absolute Gasteiger partial charge is 0.246 e. The molecule has 21 heavy (non-hydrogen) atoms. The largest absolute Gasteiger partial charge is 0.342 e. The van der Waals surface area contributed by atoms with Crippen LogP contribution < -0.4 is 5.32 Å². The van der Waals surface area contributed by atoms with E-state index in [4.69, 9.17) is 0 Å². The summed E-state index contributed by atoms with van der Waals surface area (Å²) in [6.45, 7) is 10.6. The summed E-state index contributed by atoms with van der Waals surface area (Å²) in [5.74, 6) is 0.581. The van der Waals surface area contributed by atoms with E-state index in [1.54, 1.807) is 0 Å².